The van der Waals surface area contributed by atoms with E-state index in [0.717, 1.165) is 38.9 Å². The van der Waals surface area contributed by atoms with Crippen molar-refractivity contribution in [2.45, 2.75) is 30.2 Å². The number of piperidine rings is 1. The van der Waals surface area contributed by atoms with Crippen molar-refractivity contribution in [3.05, 3.63) is 60.4 Å². The Morgan fingerprint density at radius 2 is 2.00 bits per heavy atom. The molecule has 1 aliphatic rings. The van der Waals surface area contributed by atoms with Crippen LogP contribution < -0.4 is 4.72 Å². The molecule has 1 fully saturated rings. The maximum Gasteiger partial charge on any atom is 0.242 e. The second kappa shape index (κ2) is 7.88. The van der Waals surface area contributed by atoms with Crippen LogP contribution in [-0.4, -0.2) is 44.0 Å². The highest BCUT2D eigenvalue weighted by atomic mass is 32.2. The van der Waals surface area contributed by atoms with Gasteiger partial charge in [-0.25, -0.2) is 13.1 Å². The van der Waals surface area contributed by atoms with E-state index >= 15 is 0 Å². The number of sulfonamides is 1. The molecular formula is C18H23N3O2S. The van der Waals surface area contributed by atoms with Crippen molar-refractivity contribution in [3.63, 3.8) is 0 Å². The minimum Gasteiger partial charge on any atom is -0.301 e. The summed E-state index contributed by atoms with van der Waals surface area (Å²) >= 11 is 0. The molecule has 0 bridgehead atoms. The summed E-state index contributed by atoms with van der Waals surface area (Å²) in [6, 6.07) is 13.6. The smallest absolute Gasteiger partial charge is 0.242 e. The highest BCUT2D eigenvalue weighted by Gasteiger charge is 2.25. The van der Waals surface area contributed by atoms with Crippen LogP contribution in [0.1, 0.15) is 18.4 Å². The third-order valence-electron chi connectivity index (χ3n) is 4.33. The van der Waals surface area contributed by atoms with Crippen molar-refractivity contribution in [1.82, 2.24) is 14.6 Å². The maximum absolute atomic E-state index is 12.4. The zero-order valence-corrected chi connectivity index (χ0v) is 14.5. The number of nitrogens with one attached hydrogen (secondary N) is 1. The van der Waals surface area contributed by atoms with Crippen LogP contribution in [0.5, 0.6) is 0 Å². The summed E-state index contributed by atoms with van der Waals surface area (Å²) in [6.45, 7) is 2.74. The summed E-state index contributed by atoms with van der Waals surface area (Å²) < 4.78 is 27.7. The molecule has 5 nitrogen and oxygen atoms in total. The van der Waals surface area contributed by atoms with Crippen LogP contribution in [0, 0.1) is 0 Å². The van der Waals surface area contributed by atoms with E-state index in [0.29, 0.717) is 0 Å². The number of hydrogen-bond acceptors (Lipinski definition) is 4. The third kappa shape index (κ3) is 4.63. The Bertz CT molecular complexity index is 735. The van der Waals surface area contributed by atoms with Gasteiger partial charge in [-0.2, -0.15) is 0 Å². The molecule has 0 aliphatic carbocycles. The fourth-order valence-electron chi connectivity index (χ4n) is 3.08. The van der Waals surface area contributed by atoms with E-state index in [1.807, 2.05) is 6.07 Å². The highest BCUT2D eigenvalue weighted by molar-refractivity contribution is 7.89. The predicted octanol–water partition coefficient (Wildman–Crippen LogP) is 2.07. The molecule has 0 radical (unpaired) electrons. The van der Waals surface area contributed by atoms with Crippen molar-refractivity contribution in [2.24, 2.45) is 0 Å². The number of nitrogens with zero attached hydrogens (tertiary/aromatic N) is 2. The van der Waals surface area contributed by atoms with E-state index in [2.05, 4.69) is 38.9 Å². The zero-order chi connectivity index (χ0) is 16.8. The molecule has 1 aliphatic heterocycles. The summed E-state index contributed by atoms with van der Waals surface area (Å²) in [5.74, 6) is 0. The van der Waals surface area contributed by atoms with E-state index in [1.165, 1.54) is 11.8 Å². The quantitative estimate of drug-likeness (QED) is 0.871. The number of pyridine rings is 1. The predicted molar refractivity (Wildman–Crippen MR) is 94.2 cm³/mol. The summed E-state index contributed by atoms with van der Waals surface area (Å²) in [6.07, 6.45) is 5.84. The number of hydrogen-bond donors (Lipinski definition) is 1. The van der Waals surface area contributed by atoms with E-state index in [4.69, 9.17) is 0 Å². The molecule has 2 heterocycles. The minimum atomic E-state index is -3.49. The first-order valence-corrected chi connectivity index (χ1v) is 9.80. The van der Waals surface area contributed by atoms with Crippen LogP contribution >= 0.6 is 0 Å². The van der Waals surface area contributed by atoms with Crippen molar-refractivity contribution in [3.8, 4) is 0 Å². The van der Waals surface area contributed by atoms with Gasteiger partial charge in [0.15, 0.2) is 0 Å². The first-order valence-electron chi connectivity index (χ1n) is 8.32. The van der Waals surface area contributed by atoms with Gasteiger partial charge in [0.05, 0.1) is 0 Å². The summed E-state index contributed by atoms with van der Waals surface area (Å²) in [5.41, 5.74) is 1.32. The molecule has 0 saturated carbocycles. The third-order valence-corrected chi connectivity index (χ3v) is 5.84. The van der Waals surface area contributed by atoms with Gasteiger partial charge < -0.3 is 4.90 Å². The monoisotopic (exact) mass is 345 g/mol. The van der Waals surface area contributed by atoms with Crippen molar-refractivity contribution in [1.29, 1.82) is 0 Å². The Kier molecular flexibility index (Phi) is 5.60. The Morgan fingerprint density at radius 1 is 1.17 bits per heavy atom. The molecular weight excluding hydrogens is 322 g/mol. The molecule has 3 rings (SSSR count). The molecule has 6 heteroatoms. The Morgan fingerprint density at radius 3 is 2.75 bits per heavy atom. The topological polar surface area (TPSA) is 62.3 Å². The lowest BCUT2D eigenvalue weighted by Crippen LogP contribution is -2.48. The largest absolute Gasteiger partial charge is 0.301 e. The molecule has 1 atom stereocenters. The Hall–Kier alpha value is -1.76. The van der Waals surface area contributed by atoms with Gasteiger partial charge in [-0.15, -0.1) is 0 Å². The fourth-order valence-corrected chi connectivity index (χ4v) is 4.30. The summed E-state index contributed by atoms with van der Waals surface area (Å²) in [5, 5.41) is 0. The van der Waals surface area contributed by atoms with Gasteiger partial charge >= 0.3 is 0 Å². The molecule has 1 aromatic heterocycles. The van der Waals surface area contributed by atoms with Crippen LogP contribution in [0.15, 0.2) is 59.8 Å². The normalized spacial score (nSPS) is 19.2. The van der Waals surface area contributed by atoms with Gasteiger partial charge in [0, 0.05) is 31.5 Å². The molecule has 1 saturated heterocycles. The summed E-state index contributed by atoms with van der Waals surface area (Å²) in [7, 11) is -3.49. The molecule has 0 unspecified atom stereocenters. The van der Waals surface area contributed by atoms with Crippen molar-refractivity contribution in [2.75, 3.05) is 19.6 Å². The van der Waals surface area contributed by atoms with Crippen LogP contribution in [-0.2, 0) is 16.4 Å². The zero-order valence-electron chi connectivity index (χ0n) is 13.6. The van der Waals surface area contributed by atoms with E-state index in [-0.39, 0.29) is 10.9 Å². The molecule has 24 heavy (non-hydrogen) atoms. The standard InChI is InChI=1S/C18H23N3O2S/c22-24(23,18-9-4-11-19-14-18)20-17-8-5-12-21(15-17)13-10-16-6-2-1-3-7-16/h1-4,6-7,9,11,14,17,20H,5,8,10,12-13,15H2/t17-/m0/s1. The van der Waals surface area contributed by atoms with Crippen molar-refractivity contribution >= 4 is 10.0 Å². The average Bonchev–Trinajstić information content (AvgIpc) is 2.62. The average molecular weight is 345 g/mol. The van der Waals surface area contributed by atoms with Crippen LogP contribution in [0.25, 0.3) is 0 Å². The van der Waals surface area contributed by atoms with Crippen molar-refractivity contribution < 1.29 is 8.42 Å². The second-order valence-corrected chi connectivity index (χ2v) is 7.90. The van der Waals surface area contributed by atoms with Gasteiger partial charge in [0.1, 0.15) is 4.90 Å². The number of rotatable bonds is 6. The van der Waals surface area contributed by atoms with E-state index in [1.54, 1.807) is 18.3 Å². The lowest BCUT2D eigenvalue weighted by molar-refractivity contribution is 0.204. The molecule has 1 N–H and O–H groups in total. The van der Waals surface area contributed by atoms with E-state index in [9.17, 15) is 8.42 Å². The SMILES string of the molecule is O=S(=O)(N[C@H]1CCCN(CCc2ccccc2)C1)c1cccnc1. The maximum atomic E-state index is 12.4. The lowest BCUT2D eigenvalue weighted by atomic mass is 10.1. The number of benzene rings is 1. The Labute approximate surface area is 143 Å². The van der Waals surface area contributed by atoms with Gasteiger partial charge in [0.25, 0.3) is 0 Å². The summed E-state index contributed by atoms with van der Waals surface area (Å²) in [4.78, 5) is 6.46. The van der Waals surface area contributed by atoms with E-state index < -0.39 is 10.0 Å². The molecule has 0 spiro atoms. The van der Waals surface area contributed by atoms with Gasteiger partial charge in [-0.05, 0) is 43.5 Å². The number of likely N-dealkylation sites (tertiary alicyclic amines) is 1. The molecule has 2 aromatic rings. The highest BCUT2D eigenvalue weighted by Crippen LogP contribution is 2.14. The number of aromatic nitrogens is 1. The van der Waals surface area contributed by atoms with Gasteiger partial charge in [0.2, 0.25) is 10.0 Å². The van der Waals surface area contributed by atoms with Crippen LogP contribution in [0.4, 0.5) is 0 Å². The molecule has 0 amide bonds. The Balaban J connectivity index is 1.56. The minimum absolute atomic E-state index is 0.0419. The first-order chi connectivity index (χ1) is 11.6. The van der Waals surface area contributed by atoms with Crippen LogP contribution in [0.2, 0.25) is 0 Å². The fraction of sp³-hybridized carbons (Fsp3) is 0.389. The molecule has 1 aromatic carbocycles. The first kappa shape index (κ1) is 17.1. The lowest BCUT2D eigenvalue weighted by Gasteiger charge is -2.33. The molecule has 128 valence electrons. The van der Waals surface area contributed by atoms with Gasteiger partial charge in [-0.1, -0.05) is 30.3 Å². The van der Waals surface area contributed by atoms with Gasteiger partial charge in [-0.3, -0.25) is 4.98 Å². The van der Waals surface area contributed by atoms with Crippen LogP contribution in [0.3, 0.4) is 0 Å². The second-order valence-electron chi connectivity index (χ2n) is 6.19.